The van der Waals surface area contributed by atoms with Crippen molar-refractivity contribution in [3.8, 4) is 11.6 Å². The van der Waals surface area contributed by atoms with Crippen LogP contribution in [0, 0.1) is 6.92 Å². The smallest absolute Gasteiger partial charge is 0.264 e. The van der Waals surface area contributed by atoms with Crippen LogP contribution in [0.2, 0.25) is 0 Å². The van der Waals surface area contributed by atoms with E-state index < -0.39 is 10.0 Å². The van der Waals surface area contributed by atoms with Gasteiger partial charge in [-0.1, -0.05) is 12.1 Å². The molecule has 33 heavy (non-hydrogen) atoms. The SMILES string of the molecule is Cc1ccnc(NS(=O)(=O)c2ccc(NC(=O)c3cccc(Oc4ccccn4)c3)cc2)n1. The number of hydrogen-bond acceptors (Lipinski definition) is 7. The van der Waals surface area contributed by atoms with Crippen LogP contribution in [0.5, 0.6) is 11.6 Å². The number of carbonyl (C=O) groups excluding carboxylic acids is 1. The molecule has 0 aliphatic carbocycles. The molecule has 2 heterocycles. The fourth-order valence-electron chi connectivity index (χ4n) is 2.83. The molecule has 2 N–H and O–H groups in total. The lowest BCUT2D eigenvalue weighted by atomic mass is 10.2. The Morgan fingerprint density at radius 2 is 1.73 bits per heavy atom. The highest BCUT2D eigenvalue weighted by atomic mass is 32.2. The van der Waals surface area contributed by atoms with E-state index in [1.807, 2.05) is 0 Å². The second-order valence-corrected chi connectivity index (χ2v) is 8.59. The van der Waals surface area contributed by atoms with Crippen molar-refractivity contribution in [2.75, 3.05) is 10.0 Å². The van der Waals surface area contributed by atoms with E-state index in [4.69, 9.17) is 4.74 Å². The van der Waals surface area contributed by atoms with Crippen molar-refractivity contribution in [2.45, 2.75) is 11.8 Å². The van der Waals surface area contributed by atoms with Gasteiger partial charge in [0.1, 0.15) is 5.75 Å². The zero-order valence-electron chi connectivity index (χ0n) is 17.5. The van der Waals surface area contributed by atoms with Gasteiger partial charge >= 0.3 is 0 Å². The predicted octanol–water partition coefficient (Wildman–Crippen LogP) is 4.03. The zero-order valence-corrected chi connectivity index (χ0v) is 18.3. The van der Waals surface area contributed by atoms with E-state index in [1.54, 1.807) is 61.7 Å². The lowest BCUT2D eigenvalue weighted by Gasteiger charge is -2.10. The van der Waals surface area contributed by atoms with Gasteiger partial charge in [-0.05, 0) is 61.5 Å². The molecular formula is C23H19N5O4S. The van der Waals surface area contributed by atoms with E-state index in [2.05, 4.69) is 25.0 Å². The molecule has 4 rings (SSSR count). The summed E-state index contributed by atoms with van der Waals surface area (Å²) >= 11 is 0. The fourth-order valence-corrected chi connectivity index (χ4v) is 3.78. The van der Waals surface area contributed by atoms with Crippen LogP contribution in [0.4, 0.5) is 11.6 Å². The Morgan fingerprint density at radius 3 is 2.45 bits per heavy atom. The largest absolute Gasteiger partial charge is 0.439 e. The van der Waals surface area contributed by atoms with Crippen LogP contribution < -0.4 is 14.8 Å². The minimum atomic E-state index is -3.87. The second-order valence-electron chi connectivity index (χ2n) is 6.90. The van der Waals surface area contributed by atoms with Crippen molar-refractivity contribution in [3.63, 3.8) is 0 Å². The predicted molar refractivity (Wildman–Crippen MR) is 123 cm³/mol. The number of nitrogens with zero attached hydrogens (tertiary/aromatic N) is 3. The average Bonchev–Trinajstić information content (AvgIpc) is 2.80. The van der Waals surface area contributed by atoms with Gasteiger partial charge in [0.25, 0.3) is 15.9 Å². The third kappa shape index (κ3) is 5.69. The van der Waals surface area contributed by atoms with Crippen molar-refractivity contribution < 1.29 is 17.9 Å². The van der Waals surface area contributed by atoms with E-state index in [9.17, 15) is 13.2 Å². The Balaban J connectivity index is 1.43. The molecule has 2 aromatic heterocycles. The summed E-state index contributed by atoms with van der Waals surface area (Å²) in [6.07, 6.45) is 3.08. The first-order valence-corrected chi connectivity index (χ1v) is 11.3. The van der Waals surface area contributed by atoms with E-state index >= 15 is 0 Å². The van der Waals surface area contributed by atoms with Crippen LogP contribution in [0.15, 0.2) is 90.1 Å². The summed E-state index contributed by atoms with van der Waals surface area (Å²) in [6.45, 7) is 1.73. The van der Waals surface area contributed by atoms with Gasteiger partial charge in [-0.15, -0.1) is 0 Å². The maximum atomic E-state index is 12.6. The van der Waals surface area contributed by atoms with Crippen LogP contribution in [-0.4, -0.2) is 29.3 Å². The van der Waals surface area contributed by atoms with Crippen LogP contribution >= 0.6 is 0 Å². The molecule has 0 bridgehead atoms. The Kier molecular flexibility index (Phi) is 6.27. The van der Waals surface area contributed by atoms with Crippen LogP contribution in [0.25, 0.3) is 0 Å². The van der Waals surface area contributed by atoms with Gasteiger partial charge in [0.2, 0.25) is 11.8 Å². The number of pyridine rings is 1. The summed E-state index contributed by atoms with van der Waals surface area (Å²) in [6, 6.07) is 19.4. The molecule has 0 spiro atoms. The molecule has 0 radical (unpaired) electrons. The Hall–Kier alpha value is -4.31. The monoisotopic (exact) mass is 461 g/mol. The quantitative estimate of drug-likeness (QED) is 0.426. The van der Waals surface area contributed by atoms with Gasteiger partial charge in [0.05, 0.1) is 4.90 Å². The zero-order chi connectivity index (χ0) is 23.3. The summed E-state index contributed by atoms with van der Waals surface area (Å²) in [7, 11) is -3.87. The number of aryl methyl sites for hydroxylation is 1. The summed E-state index contributed by atoms with van der Waals surface area (Å²) < 4.78 is 33.1. The molecule has 10 heteroatoms. The molecule has 9 nitrogen and oxygen atoms in total. The molecule has 0 aliphatic heterocycles. The Bertz CT molecular complexity index is 1380. The van der Waals surface area contributed by atoms with Gasteiger partial charge in [0, 0.05) is 35.4 Å². The van der Waals surface area contributed by atoms with Gasteiger partial charge in [-0.3, -0.25) is 4.79 Å². The number of hydrogen-bond donors (Lipinski definition) is 2. The van der Waals surface area contributed by atoms with Crippen molar-refractivity contribution >= 4 is 27.6 Å². The number of aromatic nitrogens is 3. The molecule has 0 atom stereocenters. The molecule has 2 aromatic carbocycles. The second kappa shape index (κ2) is 9.45. The molecule has 166 valence electrons. The average molecular weight is 462 g/mol. The van der Waals surface area contributed by atoms with Gasteiger partial charge < -0.3 is 10.1 Å². The normalized spacial score (nSPS) is 10.9. The standard InChI is InChI=1S/C23H19N5O4S/c1-16-12-14-25-23(26-16)28-33(30,31)20-10-8-18(9-11-20)27-22(29)17-5-4-6-19(15-17)32-21-7-2-3-13-24-21/h2-15H,1H3,(H,27,29)(H,25,26,28). The Morgan fingerprint density at radius 1 is 0.909 bits per heavy atom. The van der Waals surface area contributed by atoms with Crippen molar-refractivity contribution in [2.24, 2.45) is 0 Å². The number of anilines is 2. The topological polar surface area (TPSA) is 123 Å². The van der Waals surface area contributed by atoms with Gasteiger partial charge in [0.15, 0.2) is 0 Å². The van der Waals surface area contributed by atoms with E-state index in [0.717, 1.165) is 0 Å². The van der Waals surface area contributed by atoms with Crippen molar-refractivity contribution in [1.29, 1.82) is 0 Å². The van der Waals surface area contributed by atoms with Gasteiger partial charge in [-0.2, -0.15) is 0 Å². The molecule has 0 saturated heterocycles. The number of amides is 1. The summed E-state index contributed by atoms with van der Waals surface area (Å²) in [4.78, 5) is 24.7. The van der Waals surface area contributed by atoms with Crippen LogP contribution in [-0.2, 0) is 10.0 Å². The number of nitrogens with one attached hydrogen (secondary N) is 2. The highest BCUT2D eigenvalue weighted by Crippen LogP contribution is 2.21. The first kappa shape index (κ1) is 21.9. The number of sulfonamides is 1. The summed E-state index contributed by atoms with van der Waals surface area (Å²) in [5.41, 5.74) is 1.44. The summed E-state index contributed by atoms with van der Waals surface area (Å²) in [5.74, 6) is 0.493. The molecule has 4 aromatic rings. The first-order valence-electron chi connectivity index (χ1n) is 9.82. The summed E-state index contributed by atoms with van der Waals surface area (Å²) in [5, 5.41) is 2.74. The van der Waals surface area contributed by atoms with Crippen molar-refractivity contribution in [1.82, 2.24) is 15.0 Å². The first-order chi connectivity index (χ1) is 15.9. The maximum absolute atomic E-state index is 12.6. The molecule has 0 aliphatic rings. The van der Waals surface area contributed by atoms with E-state index in [1.165, 1.54) is 30.5 Å². The third-order valence-corrected chi connectivity index (χ3v) is 5.74. The van der Waals surface area contributed by atoms with Crippen LogP contribution in [0.3, 0.4) is 0 Å². The Labute approximate surface area is 190 Å². The van der Waals surface area contributed by atoms with Crippen LogP contribution in [0.1, 0.15) is 16.1 Å². The number of carbonyl (C=O) groups is 1. The van der Waals surface area contributed by atoms with E-state index in [0.29, 0.717) is 28.6 Å². The van der Waals surface area contributed by atoms with Crippen molar-refractivity contribution in [3.05, 3.63) is 96.4 Å². The number of rotatable bonds is 7. The number of ether oxygens (including phenoxy) is 1. The van der Waals surface area contributed by atoms with E-state index in [-0.39, 0.29) is 16.8 Å². The highest BCUT2D eigenvalue weighted by molar-refractivity contribution is 7.92. The molecular weight excluding hydrogens is 442 g/mol. The minimum Gasteiger partial charge on any atom is -0.439 e. The molecule has 1 amide bonds. The highest BCUT2D eigenvalue weighted by Gasteiger charge is 2.16. The van der Waals surface area contributed by atoms with Gasteiger partial charge in [-0.25, -0.2) is 28.1 Å². The maximum Gasteiger partial charge on any atom is 0.264 e. The minimum absolute atomic E-state index is 0.0105. The molecule has 0 fully saturated rings. The lowest BCUT2D eigenvalue weighted by molar-refractivity contribution is 0.102. The third-order valence-electron chi connectivity index (χ3n) is 4.40. The molecule has 0 saturated carbocycles. The number of benzene rings is 2. The fraction of sp³-hybridized carbons (Fsp3) is 0.0435. The lowest BCUT2D eigenvalue weighted by Crippen LogP contribution is -2.16. The molecule has 0 unspecified atom stereocenters.